The molecular weight excluding hydrogens is 483 g/mol. The van der Waals surface area contributed by atoms with Gasteiger partial charge in [0.15, 0.2) is 5.78 Å². The number of ketones is 1. The average molecular weight is 507 g/mol. The topological polar surface area (TPSA) is 84.8 Å². The fourth-order valence-corrected chi connectivity index (χ4v) is 3.70. The van der Waals surface area contributed by atoms with Crippen LogP contribution in [0.2, 0.25) is 10.0 Å². The van der Waals surface area contributed by atoms with Crippen LogP contribution in [0.4, 0.5) is 5.82 Å². The zero-order valence-corrected chi connectivity index (χ0v) is 19.6. The van der Waals surface area contributed by atoms with Crippen LogP contribution in [0.25, 0.3) is 0 Å². The van der Waals surface area contributed by atoms with Gasteiger partial charge in [-0.05, 0) is 54.3 Å². The van der Waals surface area contributed by atoms with Crippen molar-refractivity contribution < 1.29 is 9.59 Å². The number of rotatable bonds is 8. The maximum atomic E-state index is 13.0. The highest BCUT2D eigenvalue weighted by Gasteiger charge is 2.17. The van der Waals surface area contributed by atoms with E-state index in [0.29, 0.717) is 32.6 Å². The van der Waals surface area contributed by atoms with Gasteiger partial charge in [0.2, 0.25) is 0 Å². The van der Waals surface area contributed by atoms with E-state index in [-0.39, 0.29) is 19.6 Å². The van der Waals surface area contributed by atoms with Crippen LogP contribution in [0, 0.1) is 0 Å². The minimum atomic E-state index is -0.403. The van der Waals surface area contributed by atoms with E-state index in [0.717, 1.165) is 24.1 Å². The minimum absolute atomic E-state index is 0. The second-order valence-electron chi connectivity index (χ2n) is 7.61. The van der Waals surface area contributed by atoms with Gasteiger partial charge in [-0.2, -0.15) is 0 Å². The number of carbonyl (C=O) groups excluding carboxylic acids is 2. The fourth-order valence-electron chi connectivity index (χ4n) is 3.42. The molecule has 8 heteroatoms. The van der Waals surface area contributed by atoms with E-state index in [9.17, 15) is 9.59 Å². The molecule has 0 bridgehead atoms. The first-order chi connectivity index (χ1) is 16.5. The van der Waals surface area contributed by atoms with Gasteiger partial charge >= 0.3 is 0 Å². The van der Waals surface area contributed by atoms with Crippen LogP contribution in [-0.2, 0) is 19.3 Å². The number of hydrogen-bond acceptors (Lipinski definition) is 5. The lowest BCUT2D eigenvalue weighted by Crippen LogP contribution is -2.17. The molecule has 1 N–H and O–H groups in total. The van der Waals surface area contributed by atoms with Crippen molar-refractivity contribution in [2.75, 3.05) is 5.32 Å². The van der Waals surface area contributed by atoms with Gasteiger partial charge in [0.05, 0.1) is 5.02 Å². The van der Waals surface area contributed by atoms with Crippen LogP contribution in [0.15, 0.2) is 79.4 Å². The molecule has 2 heterocycles. The molecule has 0 aliphatic heterocycles. The van der Waals surface area contributed by atoms with Gasteiger partial charge in [-0.1, -0.05) is 61.0 Å². The summed E-state index contributed by atoms with van der Waals surface area (Å²) in [5, 5.41) is 3.58. The lowest BCUT2D eigenvalue weighted by atomic mass is 9.97. The summed E-state index contributed by atoms with van der Waals surface area (Å²) in [4.78, 5) is 38.0. The van der Waals surface area contributed by atoms with Crippen molar-refractivity contribution in [2.24, 2.45) is 0 Å². The first kappa shape index (κ1) is 26.0. The summed E-state index contributed by atoms with van der Waals surface area (Å²) in [7, 11) is 0. The average Bonchev–Trinajstić information content (AvgIpc) is 2.86. The molecule has 6 nitrogen and oxygen atoms in total. The molecule has 2 aromatic heterocycles. The molecule has 4 aromatic rings. The Morgan fingerprint density at radius 1 is 0.857 bits per heavy atom. The van der Waals surface area contributed by atoms with Crippen molar-refractivity contribution in [1.82, 2.24) is 15.0 Å². The lowest BCUT2D eigenvalue weighted by Gasteiger charge is -2.11. The Bertz CT molecular complexity index is 1300. The summed E-state index contributed by atoms with van der Waals surface area (Å²) in [5.74, 6) is -0.146. The Balaban J connectivity index is 0.00000342. The summed E-state index contributed by atoms with van der Waals surface area (Å²) in [6, 6.07) is 17.5. The predicted octanol–water partition coefficient (Wildman–Crippen LogP) is 6.28. The number of anilines is 1. The van der Waals surface area contributed by atoms with E-state index < -0.39 is 5.91 Å². The molecule has 35 heavy (non-hydrogen) atoms. The molecule has 4 rings (SSSR count). The second kappa shape index (κ2) is 12.2. The number of benzene rings is 2. The number of hydrogen-bond donors (Lipinski definition) is 1. The number of aryl methyl sites for hydroxylation is 2. The zero-order valence-electron chi connectivity index (χ0n) is 18.0. The Kier molecular flexibility index (Phi) is 9.06. The molecular formula is C27H24Cl2N4O2. The van der Waals surface area contributed by atoms with Crippen LogP contribution in [-0.4, -0.2) is 26.6 Å². The Labute approximate surface area is 214 Å². The maximum Gasteiger partial charge on any atom is 0.257 e. The molecule has 0 unspecified atom stereocenters. The van der Waals surface area contributed by atoms with Gasteiger partial charge in [-0.3, -0.25) is 9.59 Å². The van der Waals surface area contributed by atoms with E-state index in [1.807, 2.05) is 30.3 Å². The number of halogens is 2. The van der Waals surface area contributed by atoms with Crippen LogP contribution in [0.1, 0.15) is 45.0 Å². The smallest absolute Gasteiger partial charge is 0.257 e. The molecule has 0 atom stereocenters. The zero-order chi connectivity index (χ0) is 23.9. The molecule has 0 saturated carbocycles. The molecule has 0 aliphatic carbocycles. The van der Waals surface area contributed by atoms with Crippen LogP contribution in [0.3, 0.4) is 0 Å². The summed E-state index contributed by atoms with van der Waals surface area (Å²) < 4.78 is 0. The highest BCUT2D eigenvalue weighted by Crippen LogP contribution is 2.20. The van der Waals surface area contributed by atoms with Gasteiger partial charge in [0.1, 0.15) is 12.1 Å². The molecule has 0 spiro atoms. The third-order valence-electron chi connectivity index (χ3n) is 5.23. The Hall–Kier alpha value is -3.61. The number of amides is 1. The second-order valence-corrected chi connectivity index (χ2v) is 8.49. The Morgan fingerprint density at radius 3 is 2.31 bits per heavy atom. The molecule has 2 aromatic carbocycles. The number of nitrogens with one attached hydrogen (secondary N) is 1. The van der Waals surface area contributed by atoms with Crippen LogP contribution in [0.5, 0.6) is 0 Å². The van der Waals surface area contributed by atoms with Gasteiger partial charge in [-0.15, -0.1) is 0 Å². The van der Waals surface area contributed by atoms with Crippen LogP contribution >= 0.6 is 23.2 Å². The molecule has 178 valence electrons. The fraction of sp³-hybridized carbons (Fsp3) is 0.148. The highest BCUT2D eigenvalue weighted by molar-refractivity contribution is 6.31. The standard InChI is InChI=1S/C26H20Cl2N4O2.CH4/c27-20-7-6-19(23(14-20)26(34)32-25-10-8-21(28)15-30-25)13-24(33)18-4-1-17(2-5-18)3-9-22-11-12-29-16-31-22;/h1-2,4-8,10-12,14-16H,3,9,13H2,(H,30,32,34);1H4. The van der Waals surface area contributed by atoms with E-state index in [4.69, 9.17) is 23.2 Å². The minimum Gasteiger partial charge on any atom is -0.307 e. The van der Waals surface area contributed by atoms with Crippen molar-refractivity contribution in [3.05, 3.63) is 117 Å². The molecule has 0 fully saturated rings. The van der Waals surface area contributed by atoms with Gasteiger partial charge < -0.3 is 5.32 Å². The normalized spacial score (nSPS) is 10.3. The number of nitrogens with zero attached hydrogens (tertiary/aromatic N) is 3. The largest absolute Gasteiger partial charge is 0.307 e. The quantitative estimate of drug-likeness (QED) is 0.284. The Morgan fingerprint density at radius 2 is 1.63 bits per heavy atom. The van der Waals surface area contributed by atoms with Crippen molar-refractivity contribution in [2.45, 2.75) is 26.7 Å². The van der Waals surface area contributed by atoms with Crippen LogP contribution < -0.4 is 5.32 Å². The monoisotopic (exact) mass is 506 g/mol. The summed E-state index contributed by atoms with van der Waals surface area (Å²) in [5.41, 5.74) is 3.55. The maximum absolute atomic E-state index is 13.0. The third kappa shape index (κ3) is 7.18. The number of Topliss-reactive ketones (excluding diaryl/α,β-unsaturated/α-hetero) is 1. The van der Waals surface area contributed by atoms with E-state index >= 15 is 0 Å². The van der Waals surface area contributed by atoms with E-state index in [1.54, 1.807) is 36.5 Å². The van der Waals surface area contributed by atoms with Gasteiger partial charge in [-0.25, -0.2) is 15.0 Å². The lowest BCUT2D eigenvalue weighted by molar-refractivity contribution is 0.0992. The SMILES string of the molecule is C.O=C(Cc1ccc(Cl)cc1C(=O)Nc1ccc(Cl)cn1)c1ccc(CCc2ccncn2)cc1. The first-order valence-corrected chi connectivity index (χ1v) is 11.3. The molecule has 0 radical (unpaired) electrons. The number of aromatic nitrogens is 3. The predicted molar refractivity (Wildman–Crippen MR) is 139 cm³/mol. The highest BCUT2D eigenvalue weighted by atomic mass is 35.5. The van der Waals surface area contributed by atoms with Crippen molar-refractivity contribution >= 4 is 40.7 Å². The summed E-state index contributed by atoms with van der Waals surface area (Å²) >= 11 is 12.0. The summed E-state index contributed by atoms with van der Waals surface area (Å²) in [6.45, 7) is 0. The van der Waals surface area contributed by atoms with E-state index in [1.165, 1.54) is 12.5 Å². The molecule has 1 amide bonds. The van der Waals surface area contributed by atoms with Crippen molar-refractivity contribution in [3.63, 3.8) is 0 Å². The molecule has 0 aliphatic rings. The number of carbonyl (C=O) groups is 2. The van der Waals surface area contributed by atoms with Gasteiger partial charge in [0, 0.05) is 40.7 Å². The third-order valence-corrected chi connectivity index (χ3v) is 5.68. The van der Waals surface area contributed by atoms with Gasteiger partial charge in [0.25, 0.3) is 5.91 Å². The molecule has 0 saturated heterocycles. The first-order valence-electron chi connectivity index (χ1n) is 10.6. The summed E-state index contributed by atoms with van der Waals surface area (Å²) in [6.07, 6.45) is 6.37. The van der Waals surface area contributed by atoms with Crippen molar-refractivity contribution in [3.8, 4) is 0 Å². The van der Waals surface area contributed by atoms with E-state index in [2.05, 4.69) is 20.3 Å². The number of pyridine rings is 1. The van der Waals surface area contributed by atoms with Crippen molar-refractivity contribution in [1.29, 1.82) is 0 Å².